The molecule has 1 aliphatic heterocycles. The fraction of sp³-hybridized carbons (Fsp3) is 0.318. The largest absolute Gasteiger partial charge is 0.478 e. The number of aliphatic carboxylic acids is 1. The molecule has 3 rings (SSSR count). The van der Waals surface area contributed by atoms with Gasteiger partial charge >= 0.3 is 5.97 Å². The molecule has 2 N–H and O–H groups in total. The van der Waals surface area contributed by atoms with Crippen molar-refractivity contribution in [3.05, 3.63) is 54.6 Å². The Labute approximate surface area is 191 Å². The molecule has 0 radical (unpaired) electrons. The summed E-state index contributed by atoms with van der Waals surface area (Å²) in [5, 5.41) is 8.80. The van der Waals surface area contributed by atoms with E-state index in [1.807, 2.05) is 18.1 Å². The number of sulfonamides is 1. The van der Waals surface area contributed by atoms with Crippen molar-refractivity contribution < 1.29 is 27.4 Å². The van der Waals surface area contributed by atoms with Crippen molar-refractivity contribution in [2.24, 2.45) is 0 Å². The monoisotopic (exact) mass is 480 g/mol. The first-order valence-electron chi connectivity index (χ1n) is 10.1. The van der Waals surface area contributed by atoms with E-state index in [9.17, 15) is 17.6 Å². The van der Waals surface area contributed by atoms with Crippen LogP contribution in [0.3, 0.4) is 0 Å². The summed E-state index contributed by atoms with van der Waals surface area (Å²) < 4.78 is 48.3. The zero-order valence-corrected chi connectivity index (χ0v) is 19.4. The summed E-state index contributed by atoms with van der Waals surface area (Å²) in [6, 6.07) is 8.67. The van der Waals surface area contributed by atoms with E-state index in [2.05, 4.69) is 4.72 Å². The van der Waals surface area contributed by atoms with Crippen LogP contribution in [-0.4, -0.2) is 38.3 Å². The van der Waals surface area contributed by atoms with E-state index in [1.165, 1.54) is 30.0 Å². The van der Waals surface area contributed by atoms with Crippen molar-refractivity contribution in [1.82, 2.24) is 4.72 Å². The number of thioether (sulfide) groups is 1. The van der Waals surface area contributed by atoms with Gasteiger partial charge in [0.1, 0.15) is 16.5 Å². The van der Waals surface area contributed by atoms with Gasteiger partial charge in [-0.1, -0.05) is 19.8 Å². The molecule has 0 aromatic heterocycles. The second kappa shape index (κ2) is 10.4. The summed E-state index contributed by atoms with van der Waals surface area (Å²) in [6.07, 6.45) is 6.07. The molecular formula is C22H25FN2O5S2. The summed E-state index contributed by atoms with van der Waals surface area (Å²) in [6.45, 7) is 2.42. The van der Waals surface area contributed by atoms with Gasteiger partial charge in [-0.05, 0) is 43.0 Å². The smallest absolute Gasteiger partial charge is 0.331 e. The first kappa shape index (κ1) is 24.1. The van der Waals surface area contributed by atoms with Crippen LogP contribution in [0.25, 0.3) is 0 Å². The number of carbonyl (C=O) groups is 1. The minimum absolute atomic E-state index is 0.0114. The van der Waals surface area contributed by atoms with E-state index in [4.69, 9.17) is 9.84 Å². The van der Waals surface area contributed by atoms with E-state index >= 15 is 0 Å². The molecule has 1 aliphatic rings. The molecule has 0 amide bonds. The molecule has 2 aromatic carbocycles. The van der Waals surface area contributed by atoms with Crippen molar-refractivity contribution in [1.29, 1.82) is 0 Å². The lowest BCUT2D eigenvalue weighted by Gasteiger charge is -2.27. The number of hydrogen-bond acceptors (Lipinski definition) is 6. The zero-order valence-electron chi connectivity index (χ0n) is 17.7. The normalized spacial score (nSPS) is 17.7. The molecule has 0 aliphatic carbocycles. The van der Waals surface area contributed by atoms with E-state index < -0.39 is 16.0 Å². The Hall–Kier alpha value is -2.56. The summed E-state index contributed by atoms with van der Waals surface area (Å²) in [5.41, 5.74) is 1.11. The number of anilines is 2. The molecule has 1 heterocycles. The summed E-state index contributed by atoms with van der Waals surface area (Å²) in [4.78, 5) is 13.3. The van der Waals surface area contributed by atoms with Crippen molar-refractivity contribution in [2.45, 2.75) is 42.0 Å². The number of halogens is 1. The van der Waals surface area contributed by atoms with Crippen LogP contribution >= 0.6 is 11.8 Å². The summed E-state index contributed by atoms with van der Waals surface area (Å²) in [7, 11) is -3.89. The number of rotatable bonds is 8. The average Bonchev–Trinajstić information content (AvgIpc) is 2.85. The lowest BCUT2D eigenvalue weighted by atomic mass is 10.1. The SMILES string of the molecule is CCCC[C@@H]1CN(c2ccc(F)cc2)c2cc(SC)c(O/C=C/C(=O)O)cc2S(=O)(=O)N1. The Kier molecular flexibility index (Phi) is 7.81. The van der Waals surface area contributed by atoms with Crippen LogP contribution in [0.2, 0.25) is 0 Å². The van der Waals surface area contributed by atoms with Crippen molar-refractivity contribution in [2.75, 3.05) is 17.7 Å². The van der Waals surface area contributed by atoms with Crippen molar-refractivity contribution in [3.8, 4) is 5.75 Å². The Bertz CT molecular complexity index is 1100. The predicted molar refractivity (Wildman–Crippen MR) is 123 cm³/mol. The average molecular weight is 481 g/mol. The molecule has 10 heteroatoms. The van der Waals surface area contributed by atoms with Crippen LogP contribution < -0.4 is 14.4 Å². The van der Waals surface area contributed by atoms with Gasteiger partial charge in [-0.15, -0.1) is 11.8 Å². The lowest BCUT2D eigenvalue weighted by Crippen LogP contribution is -2.39. The van der Waals surface area contributed by atoms with Gasteiger partial charge in [0.2, 0.25) is 10.0 Å². The molecule has 7 nitrogen and oxygen atoms in total. The molecule has 32 heavy (non-hydrogen) atoms. The maximum atomic E-state index is 13.5. The predicted octanol–water partition coefficient (Wildman–Crippen LogP) is 4.51. The number of carboxylic acid groups (broad SMARTS) is 1. The number of nitrogens with zero attached hydrogens (tertiary/aromatic N) is 1. The number of hydrogen-bond donors (Lipinski definition) is 2. The minimum atomic E-state index is -3.89. The fourth-order valence-electron chi connectivity index (χ4n) is 3.48. The van der Waals surface area contributed by atoms with Crippen LogP contribution in [0.5, 0.6) is 5.75 Å². The van der Waals surface area contributed by atoms with Crippen molar-refractivity contribution in [3.63, 3.8) is 0 Å². The Balaban J connectivity index is 2.15. The topological polar surface area (TPSA) is 95.9 Å². The number of benzene rings is 2. The highest BCUT2D eigenvalue weighted by Crippen LogP contribution is 2.41. The minimum Gasteiger partial charge on any atom is -0.478 e. The molecule has 2 aromatic rings. The number of ether oxygens (including phenoxy) is 1. The highest BCUT2D eigenvalue weighted by atomic mass is 32.2. The lowest BCUT2D eigenvalue weighted by molar-refractivity contribution is -0.131. The molecule has 0 fully saturated rings. The number of unbranched alkanes of at least 4 members (excludes halogenated alkanes) is 1. The second-order valence-electron chi connectivity index (χ2n) is 7.28. The van der Waals surface area contributed by atoms with Gasteiger partial charge in [-0.3, -0.25) is 0 Å². The summed E-state index contributed by atoms with van der Waals surface area (Å²) >= 11 is 1.34. The summed E-state index contributed by atoms with van der Waals surface area (Å²) in [5.74, 6) is -1.33. The van der Waals surface area contributed by atoms with Crippen LogP contribution in [0.4, 0.5) is 15.8 Å². The third-order valence-corrected chi connectivity index (χ3v) is 7.31. The number of carboxylic acids is 1. The van der Waals surface area contributed by atoms with Gasteiger partial charge in [-0.2, -0.15) is 0 Å². The van der Waals surface area contributed by atoms with Gasteiger partial charge in [0.15, 0.2) is 0 Å². The molecule has 0 unspecified atom stereocenters. The molecule has 0 bridgehead atoms. The van der Waals surface area contributed by atoms with E-state index in [1.54, 1.807) is 18.2 Å². The van der Waals surface area contributed by atoms with Gasteiger partial charge < -0.3 is 14.7 Å². The van der Waals surface area contributed by atoms with Gasteiger partial charge in [0, 0.05) is 24.3 Å². The highest BCUT2D eigenvalue weighted by Gasteiger charge is 2.33. The molecule has 172 valence electrons. The van der Waals surface area contributed by atoms with E-state index in [0.29, 0.717) is 29.2 Å². The Morgan fingerprint density at radius 1 is 1.34 bits per heavy atom. The molecule has 1 atom stereocenters. The van der Waals surface area contributed by atoms with Crippen LogP contribution in [-0.2, 0) is 14.8 Å². The van der Waals surface area contributed by atoms with E-state index in [0.717, 1.165) is 25.2 Å². The number of fused-ring (bicyclic) bond motifs is 1. The molecular weight excluding hydrogens is 455 g/mol. The third-order valence-electron chi connectivity index (χ3n) is 5.00. The van der Waals surface area contributed by atoms with Crippen LogP contribution in [0.15, 0.2) is 58.5 Å². The van der Waals surface area contributed by atoms with Crippen molar-refractivity contribution >= 4 is 39.1 Å². The maximum Gasteiger partial charge on any atom is 0.331 e. The van der Waals surface area contributed by atoms with Crippen LogP contribution in [0.1, 0.15) is 26.2 Å². The second-order valence-corrected chi connectivity index (χ2v) is 9.81. The fourth-order valence-corrected chi connectivity index (χ4v) is 5.48. The third kappa shape index (κ3) is 5.62. The highest BCUT2D eigenvalue weighted by molar-refractivity contribution is 7.98. The maximum absolute atomic E-state index is 13.5. The number of nitrogens with one attached hydrogen (secondary N) is 1. The van der Waals surface area contributed by atoms with Gasteiger partial charge in [0.05, 0.1) is 22.9 Å². The Morgan fingerprint density at radius 2 is 2.06 bits per heavy atom. The quantitative estimate of drug-likeness (QED) is 0.326. The van der Waals surface area contributed by atoms with Crippen LogP contribution in [0, 0.1) is 5.82 Å². The van der Waals surface area contributed by atoms with Gasteiger partial charge in [-0.25, -0.2) is 22.3 Å². The van der Waals surface area contributed by atoms with Gasteiger partial charge in [0.25, 0.3) is 0 Å². The molecule has 0 spiro atoms. The molecule has 0 saturated carbocycles. The first-order chi connectivity index (χ1) is 15.2. The standard InChI is InChI=1S/C22H25FN2O5S2/c1-3-4-5-16-14-25(17-8-6-15(23)7-9-17)18-12-20(31-2)19(30-11-10-22(26)27)13-21(18)32(28,29)24-16/h6-13,16,24H,3-5,14H2,1-2H3,(H,26,27)/b11-10+/t16-/m1/s1. The Morgan fingerprint density at radius 3 is 2.69 bits per heavy atom. The zero-order chi connectivity index (χ0) is 23.3. The molecule has 0 saturated heterocycles. The first-order valence-corrected chi connectivity index (χ1v) is 12.8. The van der Waals surface area contributed by atoms with E-state index in [-0.39, 0.29) is 22.5 Å².